The van der Waals surface area contributed by atoms with Gasteiger partial charge in [0.15, 0.2) is 5.88 Å². The number of anilines is 1. The maximum absolute atomic E-state index is 10.8. The summed E-state index contributed by atoms with van der Waals surface area (Å²) in [5.41, 5.74) is 0. The Morgan fingerprint density at radius 3 is 2.78 bits per heavy atom. The molecule has 1 N–H and O–H groups in total. The second-order valence-electron chi connectivity index (χ2n) is 5.37. The van der Waals surface area contributed by atoms with Gasteiger partial charge in [0, 0.05) is 19.2 Å². The minimum absolute atomic E-state index is 0.0228. The van der Waals surface area contributed by atoms with Crippen molar-refractivity contribution in [3.8, 4) is 0 Å². The van der Waals surface area contributed by atoms with E-state index in [0.717, 1.165) is 37.8 Å². The van der Waals surface area contributed by atoms with Gasteiger partial charge in [-0.1, -0.05) is 13.8 Å². The summed E-state index contributed by atoms with van der Waals surface area (Å²) in [6.07, 6.45) is 3.55. The van der Waals surface area contributed by atoms with Crippen LogP contribution in [0.25, 0.3) is 0 Å². The topological polar surface area (TPSA) is 53.7 Å². The van der Waals surface area contributed by atoms with Crippen molar-refractivity contribution >= 4 is 11.9 Å². The summed E-state index contributed by atoms with van der Waals surface area (Å²) >= 11 is 0. The van der Waals surface area contributed by atoms with E-state index in [1.54, 1.807) is 6.07 Å². The van der Waals surface area contributed by atoms with E-state index in [1.165, 1.54) is 12.5 Å². The Labute approximate surface area is 108 Å². The molecule has 0 bridgehead atoms. The average Bonchev–Trinajstić information content (AvgIpc) is 2.67. The number of furan rings is 1. The minimum atomic E-state index is -1.00. The molecule has 2 rings (SSSR count). The van der Waals surface area contributed by atoms with Crippen LogP contribution in [-0.2, 0) is 0 Å². The van der Waals surface area contributed by atoms with Crippen LogP contribution in [0.3, 0.4) is 0 Å². The van der Waals surface area contributed by atoms with E-state index in [1.807, 2.05) is 0 Å². The molecule has 1 aromatic rings. The van der Waals surface area contributed by atoms with Crippen molar-refractivity contribution in [1.82, 2.24) is 0 Å². The van der Waals surface area contributed by atoms with Crippen molar-refractivity contribution in [3.05, 3.63) is 17.9 Å². The maximum Gasteiger partial charge on any atom is 0.371 e. The summed E-state index contributed by atoms with van der Waals surface area (Å²) in [6, 6.07) is 3.29. The van der Waals surface area contributed by atoms with Gasteiger partial charge >= 0.3 is 5.97 Å². The van der Waals surface area contributed by atoms with Gasteiger partial charge in [0.2, 0.25) is 5.76 Å². The fourth-order valence-corrected chi connectivity index (χ4v) is 2.62. The molecule has 1 atom stereocenters. The molecule has 1 aromatic heterocycles. The Morgan fingerprint density at radius 2 is 2.17 bits per heavy atom. The second kappa shape index (κ2) is 5.46. The number of nitrogens with zero attached hydrogens (tertiary/aromatic N) is 1. The fraction of sp³-hybridized carbons (Fsp3) is 0.643. The SMILES string of the molecule is CC(C)C1CCCN(c2ccc(C(=O)O)o2)CC1. The lowest BCUT2D eigenvalue weighted by atomic mass is 9.89. The fourth-order valence-electron chi connectivity index (χ4n) is 2.62. The molecule has 4 heteroatoms. The molecule has 1 saturated heterocycles. The molecule has 18 heavy (non-hydrogen) atoms. The highest BCUT2D eigenvalue weighted by Gasteiger charge is 2.21. The Kier molecular flexibility index (Phi) is 3.94. The highest BCUT2D eigenvalue weighted by Crippen LogP contribution is 2.28. The quantitative estimate of drug-likeness (QED) is 0.896. The van der Waals surface area contributed by atoms with Gasteiger partial charge in [-0.25, -0.2) is 4.79 Å². The van der Waals surface area contributed by atoms with Gasteiger partial charge in [-0.15, -0.1) is 0 Å². The van der Waals surface area contributed by atoms with Crippen LogP contribution < -0.4 is 4.90 Å². The van der Waals surface area contributed by atoms with E-state index >= 15 is 0 Å². The average molecular weight is 251 g/mol. The highest BCUT2D eigenvalue weighted by molar-refractivity contribution is 5.84. The van der Waals surface area contributed by atoms with Crippen LogP contribution in [0.2, 0.25) is 0 Å². The Hall–Kier alpha value is -1.45. The predicted octanol–water partition coefficient (Wildman–Crippen LogP) is 3.24. The Morgan fingerprint density at radius 1 is 1.39 bits per heavy atom. The first-order valence-corrected chi connectivity index (χ1v) is 6.66. The molecular weight excluding hydrogens is 230 g/mol. The molecule has 100 valence electrons. The van der Waals surface area contributed by atoms with Crippen LogP contribution in [0.1, 0.15) is 43.7 Å². The van der Waals surface area contributed by atoms with Crippen molar-refractivity contribution in [2.24, 2.45) is 11.8 Å². The zero-order chi connectivity index (χ0) is 13.1. The van der Waals surface area contributed by atoms with Crippen molar-refractivity contribution in [2.75, 3.05) is 18.0 Å². The largest absolute Gasteiger partial charge is 0.475 e. The highest BCUT2D eigenvalue weighted by atomic mass is 16.4. The number of carboxylic acid groups (broad SMARTS) is 1. The number of hydrogen-bond acceptors (Lipinski definition) is 3. The van der Waals surface area contributed by atoms with Crippen LogP contribution in [0, 0.1) is 11.8 Å². The third kappa shape index (κ3) is 2.86. The van der Waals surface area contributed by atoms with Gasteiger partial charge in [-0.3, -0.25) is 0 Å². The van der Waals surface area contributed by atoms with Crippen LogP contribution >= 0.6 is 0 Å². The normalized spacial score (nSPS) is 21.1. The lowest BCUT2D eigenvalue weighted by molar-refractivity contribution is 0.0663. The second-order valence-corrected chi connectivity index (χ2v) is 5.37. The number of rotatable bonds is 3. The Bertz CT molecular complexity index is 411. The third-order valence-electron chi connectivity index (χ3n) is 3.83. The van der Waals surface area contributed by atoms with E-state index in [4.69, 9.17) is 9.52 Å². The van der Waals surface area contributed by atoms with Crippen LogP contribution in [0.5, 0.6) is 0 Å². The van der Waals surface area contributed by atoms with Crippen molar-refractivity contribution in [1.29, 1.82) is 0 Å². The molecule has 0 radical (unpaired) electrons. The lowest BCUT2D eigenvalue weighted by Crippen LogP contribution is -2.24. The third-order valence-corrected chi connectivity index (χ3v) is 3.83. The van der Waals surface area contributed by atoms with Crippen LogP contribution in [0.15, 0.2) is 16.5 Å². The standard InChI is InChI=1S/C14H21NO3/c1-10(2)11-4-3-8-15(9-7-11)13-6-5-12(18-13)14(16)17/h5-6,10-11H,3-4,7-9H2,1-2H3,(H,16,17). The molecule has 0 spiro atoms. The van der Waals surface area contributed by atoms with Crippen LogP contribution in [-0.4, -0.2) is 24.2 Å². The number of aromatic carboxylic acids is 1. The zero-order valence-electron chi connectivity index (χ0n) is 11.1. The molecule has 1 fully saturated rings. The maximum atomic E-state index is 10.8. The van der Waals surface area contributed by atoms with Crippen molar-refractivity contribution in [2.45, 2.75) is 33.1 Å². The van der Waals surface area contributed by atoms with Crippen molar-refractivity contribution in [3.63, 3.8) is 0 Å². The summed E-state index contributed by atoms with van der Waals surface area (Å²) < 4.78 is 5.36. The summed E-state index contributed by atoms with van der Waals surface area (Å²) in [7, 11) is 0. The zero-order valence-corrected chi connectivity index (χ0v) is 11.1. The molecule has 1 aliphatic heterocycles. The monoisotopic (exact) mass is 251 g/mol. The minimum Gasteiger partial charge on any atom is -0.475 e. The molecular formula is C14H21NO3. The van der Waals surface area contributed by atoms with E-state index in [-0.39, 0.29) is 5.76 Å². The molecule has 0 amide bonds. The van der Waals surface area contributed by atoms with E-state index in [0.29, 0.717) is 5.88 Å². The van der Waals surface area contributed by atoms with Gasteiger partial charge in [-0.05, 0) is 37.2 Å². The summed E-state index contributed by atoms with van der Waals surface area (Å²) in [6.45, 7) is 6.46. The summed E-state index contributed by atoms with van der Waals surface area (Å²) in [5, 5.41) is 8.85. The summed E-state index contributed by atoms with van der Waals surface area (Å²) in [5.74, 6) is 1.20. The van der Waals surface area contributed by atoms with Crippen LogP contribution in [0.4, 0.5) is 5.88 Å². The number of hydrogen-bond donors (Lipinski definition) is 1. The van der Waals surface area contributed by atoms with Crippen molar-refractivity contribution < 1.29 is 14.3 Å². The predicted molar refractivity (Wildman–Crippen MR) is 70.1 cm³/mol. The van der Waals surface area contributed by atoms with Gasteiger partial charge in [-0.2, -0.15) is 0 Å². The molecule has 0 aliphatic carbocycles. The van der Waals surface area contributed by atoms with Gasteiger partial charge in [0.1, 0.15) is 0 Å². The number of carboxylic acids is 1. The molecule has 1 aliphatic rings. The molecule has 2 heterocycles. The Balaban J connectivity index is 2.02. The lowest BCUT2D eigenvalue weighted by Gasteiger charge is -2.20. The molecule has 0 aromatic carbocycles. The molecule has 4 nitrogen and oxygen atoms in total. The first-order chi connectivity index (χ1) is 8.58. The van der Waals surface area contributed by atoms with E-state index < -0.39 is 5.97 Å². The first-order valence-electron chi connectivity index (χ1n) is 6.66. The number of carbonyl (C=O) groups is 1. The van der Waals surface area contributed by atoms with E-state index in [9.17, 15) is 4.79 Å². The summed E-state index contributed by atoms with van der Waals surface area (Å²) in [4.78, 5) is 13.0. The van der Waals surface area contributed by atoms with Gasteiger partial charge in [0.25, 0.3) is 0 Å². The first kappa shape index (κ1) is 13.0. The molecule has 1 unspecified atom stereocenters. The van der Waals surface area contributed by atoms with E-state index in [2.05, 4.69) is 18.7 Å². The smallest absolute Gasteiger partial charge is 0.371 e. The van der Waals surface area contributed by atoms with Gasteiger partial charge in [0.05, 0.1) is 0 Å². The van der Waals surface area contributed by atoms with Gasteiger partial charge < -0.3 is 14.4 Å². The molecule has 0 saturated carbocycles.